The van der Waals surface area contributed by atoms with Crippen molar-refractivity contribution < 1.29 is 23.8 Å². The summed E-state index contributed by atoms with van der Waals surface area (Å²) in [6.07, 6.45) is 1.66. The predicted octanol–water partition coefficient (Wildman–Crippen LogP) is 2.59. The number of halogens is 1. The summed E-state index contributed by atoms with van der Waals surface area (Å²) >= 11 is 6.18. The first-order valence-electron chi connectivity index (χ1n) is 7.96. The normalized spacial score (nSPS) is 10.5. The smallest absolute Gasteiger partial charge is 0.343 e. The minimum atomic E-state index is -0.542. The van der Waals surface area contributed by atoms with Gasteiger partial charge in [0.25, 0.3) is 0 Å². The minimum Gasteiger partial charge on any atom is -0.493 e. The average Bonchev–Trinajstić information content (AvgIpc) is 2.67. The summed E-state index contributed by atoms with van der Waals surface area (Å²) in [4.78, 5) is 23.1. The molecule has 0 aliphatic carbocycles. The van der Waals surface area contributed by atoms with Crippen molar-refractivity contribution in [3.05, 3.63) is 58.6 Å². The van der Waals surface area contributed by atoms with Crippen molar-refractivity contribution in [2.75, 3.05) is 20.8 Å². The predicted molar refractivity (Wildman–Crippen MR) is 101 cm³/mol. The summed E-state index contributed by atoms with van der Waals surface area (Å²) in [6.45, 7) is -0.296. The maximum Gasteiger partial charge on any atom is 0.343 e. The summed E-state index contributed by atoms with van der Waals surface area (Å²) in [6, 6.07) is 12.5. The Morgan fingerprint density at radius 2 is 1.93 bits per heavy atom. The number of ether oxygens (including phenoxy) is 3. The third kappa shape index (κ3) is 6.31. The number of carbonyl (C=O) groups is 2. The molecule has 7 nitrogen and oxygen atoms in total. The van der Waals surface area contributed by atoms with E-state index in [1.165, 1.54) is 20.4 Å². The van der Waals surface area contributed by atoms with Gasteiger partial charge in [-0.15, -0.1) is 0 Å². The lowest BCUT2D eigenvalue weighted by Crippen LogP contribution is -2.19. The van der Waals surface area contributed by atoms with E-state index >= 15 is 0 Å². The molecule has 0 saturated heterocycles. The average molecular weight is 391 g/mol. The molecule has 8 heteroatoms. The molecular formula is C19H19ClN2O5. The number of hydrazone groups is 1. The maximum atomic E-state index is 11.9. The Bertz CT molecular complexity index is 824. The van der Waals surface area contributed by atoms with E-state index in [2.05, 4.69) is 15.3 Å². The molecule has 0 bridgehead atoms. The van der Waals surface area contributed by atoms with Gasteiger partial charge in [0.05, 0.1) is 31.9 Å². The molecule has 2 aromatic rings. The Kier molecular flexibility index (Phi) is 7.63. The molecule has 0 heterocycles. The van der Waals surface area contributed by atoms with Crippen LogP contribution in [0.4, 0.5) is 0 Å². The number of benzene rings is 2. The topological polar surface area (TPSA) is 86.2 Å². The number of nitrogens with one attached hydrogen (secondary N) is 1. The molecule has 142 valence electrons. The fraction of sp³-hybridized carbons (Fsp3) is 0.211. The number of hydrogen-bond donors (Lipinski definition) is 1. The zero-order chi connectivity index (χ0) is 19.6. The van der Waals surface area contributed by atoms with Gasteiger partial charge in [-0.25, -0.2) is 10.2 Å². The van der Waals surface area contributed by atoms with Crippen molar-refractivity contribution >= 4 is 29.7 Å². The molecule has 0 fully saturated rings. The van der Waals surface area contributed by atoms with Crippen molar-refractivity contribution in [1.82, 2.24) is 5.43 Å². The van der Waals surface area contributed by atoms with E-state index in [4.69, 9.17) is 21.1 Å². The Morgan fingerprint density at radius 3 is 2.59 bits per heavy atom. The monoisotopic (exact) mass is 390 g/mol. The quantitative estimate of drug-likeness (QED) is 0.425. The molecule has 1 amide bonds. The number of esters is 1. The van der Waals surface area contributed by atoms with Crippen molar-refractivity contribution in [3.63, 3.8) is 0 Å². The molecule has 0 spiro atoms. The van der Waals surface area contributed by atoms with Gasteiger partial charge in [0, 0.05) is 0 Å². The second-order valence-corrected chi connectivity index (χ2v) is 5.76. The molecular weight excluding hydrogens is 372 g/mol. The van der Waals surface area contributed by atoms with Crippen LogP contribution in [-0.4, -0.2) is 38.9 Å². The van der Waals surface area contributed by atoms with Crippen LogP contribution in [-0.2, 0) is 20.7 Å². The number of nitrogens with zero attached hydrogens (tertiary/aromatic N) is 1. The lowest BCUT2D eigenvalue weighted by molar-refractivity contribution is -0.142. The van der Waals surface area contributed by atoms with Gasteiger partial charge in [-0.2, -0.15) is 5.10 Å². The van der Waals surface area contributed by atoms with Crippen LogP contribution in [0.2, 0.25) is 5.02 Å². The molecule has 2 aromatic carbocycles. The summed E-state index contributed by atoms with van der Waals surface area (Å²) < 4.78 is 15.1. The van der Waals surface area contributed by atoms with Crippen LogP contribution in [0.15, 0.2) is 47.6 Å². The van der Waals surface area contributed by atoms with Crippen LogP contribution in [0, 0.1) is 0 Å². The van der Waals surface area contributed by atoms with Crippen molar-refractivity contribution in [1.29, 1.82) is 0 Å². The maximum absolute atomic E-state index is 11.9. The van der Waals surface area contributed by atoms with Gasteiger partial charge in [-0.1, -0.05) is 41.9 Å². The Labute approximate surface area is 161 Å². The fourth-order valence-corrected chi connectivity index (χ4v) is 2.42. The number of amides is 1. The molecule has 0 aliphatic rings. The lowest BCUT2D eigenvalue weighted by Gasteiger charge is -2.12. The molecule has 0 radical (unpaired) electrons. The van der Waals surface area contributed by atoms with Crippen molar-refractivity contribution in [2.24, 2.45) is 5.10 Å². The zero-order valence-corrected chi connectivity index (χ0v) is 15.7. The zero-order valence-electron chi connectivity index (χ0n) is 14.9. The summed E-state index contributed by atoms with van der Waals surface area (Å²) in [5.41, 5.74) is 3.93. The van der Waals surface area contributed by atoms with E-state index in [0.29, 0.717) is 11.3 Å². The van der Waals surface area contributed by atoms with Gasteiger partial charge < -0.3 is 14.2 Å². The van der Waals surface area contributed by atoms with Gasteiger partial charge in [0.1, 0.15) is 0 Å². The van der Waals surface area contributed by atoms with E-state index in [-0.39, 0.29) is 29.7 Å². The number of methoxy groups -OCH3 is 2. The van der Waals surface area contributed by atoms with E-state index < -0.39 is 5.97 Å². The third-order valence-corrected chi connectivity index (χ3v) is 3.70. The molecule has 0 saturated carbocycles. The van der Waals surface area contributed by atoms with Gasteiger partial charge in [-0.3, -0.25) is 4.79 Å². The first-order chi connectivity index (χ1) is 13.0. The van der Waals surface area contributed by atoms with Crippen LogP contribution >= 0.6 is 11.6 Å². The van der Waals surface area contributed by atoms with E-state index in [9.17, 15) is 9.59 Å². The van der Waals surface area contributed by atoms with E-state index in [0.717, 1.165) is 5.56 Å². The standard InChI is InChI=1S/C19H19ClN2O5/c1-25-16-9-14(8-15(20)19(16)27-12-18(24)26-2)11-21-22-17(23)10-13-6-4-3-5-7-13/h3-9,11H,10,12H2,1-2H3,(H,22,23)/b21-11-. The van der Waals surface area contributed by atoms with Crippen LogP contribution in [0.5, 0.6) is 11.5 Å². The molecule has 0 atom stereocenters. The molecule has 27 heavy (non-hydrogen) atoms. The van der Waals surface area contributed by atoms with Crippen LogP contribution in [0.1, 0.15) is 11.1 Å². The van der Waals surface area contributed by atoms with Crippen LogP contribution in [0.25, 0.3) is 0 Å². The Hall–Kier alpha value is -3.06. The number of rotatable bonds is 8. The van der Waals surface area contributed by atoms with Crippen molar-refractivity contribution in [3.8, 4) is 11.5 Å². The lowest BCUT2D eigenvalue weighted by atomic mass is 10.1. The second-order valence-electron chi connectivity index (χ2n) is 5.35. The molecule has 0 aliphatic heterocycles. The van der Waals surface area contributed by atoms with Crippen LogP contribution < -0.4 is 14.9 Å². The molecule has 1 N–H and O–H groups in total. The SMILES string of the molecule is COC(=O)COc1c(Cl)cc(/C=N\NC(=O)Cc2ccccc2)cc1OC. The minimum absolute atomic E-state index is 0.217. The van der Waals surface area contributed by atoms with Gasteiger partial charge in [-0.05, 0) is 23.3 Å². The van der Waals surface area contributed by atoms with Gasteiger partial charge in [0.15, 0.2) is 18.1 Å². The highest BCUT2D eigenvalue weighted by molar-refractivity contribution is 6.32. The number of carbonyl (C=O) groups excluding carboxylic acids is 2. The van der Waals surface area contributed by atoms with Gasteiger partial charge >= 0.3 is 5.97 Å². The highest BCUT2D eigenvalue weighted by atomic mass is 35.5. The highest BCUT2D eigenvalue weighted by Crippen LogP contribution is 2.36. The van der Waals surface area contributed by atoms with Gasteiger partial charge in [0.2, 0.25) is 5.91 Å². The third-order valence-electron chi connectivity index (χ3n) is 3.42. The highest BCUT2D eigenvalue weighted by Gasteiger charge is 2.13. The van der Waals surface area contributed by atoms with Crippen LogP contribution in [0.3, 0.4) is 0 Å². The second kappa shape index (κ2) is 10.2. The Morgan fingerprint density at radius 1 is 1.19 bits per heavy atom. The van der Waals surface area contributed by atoms with Crippen molar-refractivity contribution in [2.45, 2.75) is 6.42 Å². The van der Waals surface area contributed by atoms with E-state index in [1.807, 2.05) is 30.3 Å². The molecule has 0 aromatic heterocycles. The summed E-state index contributed by atoms with van der Waals surface area (Å²) in [7, 11) is 2.70. The molecule has 2 rings (SSSR count). The Balaban J connectivity index is 2.01. The summed E-state index contributed by atoms with van der Waals surface area (Å²) in [5, 5.41) is 4.15. The first-order valence-corrected chi connectivity index (χ1v) is 8.34. The summed E-state index contributed by atoms with van der Waals surface area (Å²) in [5.74, 6) is -0.244. The molecule has 0 unspecified atom stereocenters. The first kappa shape index (κ1) is 20.3. The fourth-order valence-electron chi connectivity index (χ4n) is 2.14. The largest absolute Gasteiger partial charge is 0.493 e. The number of hydrogen-bond acceptors (Lipinski definition) is 6. The van der Waals surface area contributed by atoms with E-state index in [1.54, 1.807) is 12.1 Å².